The lowest BCUT2D eigenvalue weighted by molar-refractivity contribution is 0.160. The third kappa shape index (κ3) is 3.50. The highest BCUT2D eigenvalue weighted by atomic mass is 16.5. The van der Waals surface area contributed by atoms with Crippen LogP contribution in [0, 0.1) is 0 Å². The smallest absolute Gasteiger partial charge is 0.135 e. The highest BCUT2D eigenvalue weighted by Gasteiger charge is 2.25. The van der Waals surface area contributed by atoms with Gasteiger partial charge in [-0.05, 0) is 43.2 Å². The first-order chi connectivity index (χ1) is 12.6. The number of nitrogens with one attached hydrogen (secondary N) is 1. The number of hydrogen-bond donors (Lipinski definition) is 1. The van der Waals surface area contributed by atoms with Gasteiger partial charge in [0, 0.05) is 23.4 Å². The van der Waals surface area contributed by atoms with E-state index in [4.69, 9.17) is 4.74 Å². The van der Waals surface area contributed by atoms with Crippen LogP contribution in [-0.4, -0.2) is 5.60 Å². The van der Waals surface area contributed by atoms with E-state index >= 15 is 0 Å². The Morgan fingerprint density at radius 2 is 1.58 bits per heavy atom. The van der Waals surface area contributed by atoms with E-state index in [1.165, 1.54) is 11.1 Å². The van der Waals surface area contributed by atoms with E-state index < -0.39 is 0 Å². The molecule has 130 valence electrons. The zero-order chi connectivity index (χ0) is 18.0. The molecule has 1 aliphatic heterocycles. The third-order valence-electron chi connectivity index (χ3n) is 4.57. The van der Waals surface area contributed by atoms with Gasteiger partial charge in [0.05, 0.1) is 0 Å². The van der Waals surface area contributed by atoms with E-state index in [1.807, 2.05) is 12.1 Å². The predicted molar refractivity (Wildman–Crippen MR) is 109 cm³/mol. The molecule has 1 N–H and O–H groups in total. The maximum Gasteiger partial charge on any atom is 0.135 e. The number of hydrogen-bond acceptors (Lipinski definition) is 2. The first kappa shape index (κ1) is 16.5. The average molecular weight is 341 g/mol. The SMILES string of the molecule is CC1(C)C=Cc2cc(NCc3ccccc3)cc(-c3ccccc3)c2O1. The molecule has 0 aromatic heterocycles. The van der Waals surface area contributed by atoms with Gasteiger partial charge in [-0.15, -0.1) is 0 Å². The number of benzene rings is 3. The van der Waals surface area contributed by atoms with Crippen molar-refractivity contribution in [3.8, 4) is 16.9 Å². The van der Waals surface area contributed by atoms with Crippen molar-refractivity contribution in [3.63, 3.8) is 0 Å². The number of ether oxygens (including phenoxy) is 1. The Labute approximate surface area is 155 Å². The quantitative estimate of drug-likeness (QED) is 0.614. The molecule has 3 aromatic rings. The second-order valence-corrected chi connectivity index (χ2v) is 7.19. The van der Waals surface area contributed by atoms with Gasteiger partial charge in [-0.3, -0.25) is 0 Å². The molecule has 2 heteroatoms. The van der Waals surface area contributed by atoms with Crippen molar-refractivity contribution in [1.82, 2.24) is 0 Å². The summed E-state index contributed by atoms with van der Waals surface area (Å²) in [4.78, 5) is 0. The van der Waals surface area contributed by atoms with Gasteiger partial charge in [0.25, 0.3) is 0 Å². The molecule has 0 saturated carbocycles. The summed E-state index contributed by atoms with van der Waals surface area (Å²) in [6, 6.07) is 25.2. The first-order valence-corrected chi connectivity index (χ1v) is 9.00. The van der Waals surface area contributed by atoms with Crippen LogP contribution in [0.4, 0.5) is 5.69 Å². The predicted octanol–water partition coefficient (Wildman–Crippen LogP) is 6.15. The molecule has 26 heavy (non-hydrogen) atoms. The Morgan fingerprint density at radius 1 is 0.885 bits per heavy atom. The molecule has 0 amide bonds. The van der Waals surface area contributed by atoms with Crippen molar-refractivity contribution < 1.29 is 4.74 Å². The first-order valence-electron chi connectivity index (χ1n) is 9.00. The summed E-state index contributed by atoms with van der Waals surface area (Å²) in [5.41, 5.74) is 5.46. The van der Waals surface area contributed by atoms with Crippen LogP contribution >= 0.6 is 0 Å². The summed E-state index contributed by atoms with van der Waals surface area (Å²) in [5, 5.41) is 3.55. The van der Waals surface area contributed by atoms with Gasteiger partial charge in [0.2, 0.25) is 0 Å². The van der Waals surface area contributed by atoms with Crippen molar-refractivity contribution in [2.24, 2.45) is 0 Å². The Hall–Kier alpha value is -3.00. The fourth-order valence-electron chi connectivity index (χ4n) is 3.21. The van der Waals surface area contributed by atoms with E-state index in [-0.39, 0.29) is 5.60 Å². The van der Waals surface area contributed by atoms with Crippen LogP contribution in [0.5, 0.6) is 5.75 Å². The van der Waals surface area contributed by atoms with Crippen molar-refractivity contribution in [3.05, 3.63) is 90.0 Å². The summed E-state index contributed by atoms with van der Waals surface area (Å²) in [6.45, 7) is 4.97. The summed E-state index contributed by atoms with van der Waals surface area (Å²) in [6.07, 6.45) is 4.28. The molecular formula is C24H23NO. The molecule has 0 aliphatic carbocycles. The minimum absolute atomic E-state index is 0.296. The molecule has 0 bridgehead atoms. The lowest BCUT2D eigenvalue weighted by Crippen LogP contribution is -2.27. The third-order valence-corrected chi connectivity index (χ3v) is 4.57. The van der Waals surface area contributed by atoms with Crippen LogP contribution in [0.1, 0.15) is 25.0 Å². The van der Waals surface area contributed by atoms with Gasteiger partial charge in [-0.2, -0.15) is 0 Å². The Balaban J connectivity index is 1.73. The van der Waals surface area contributed by atoms with Crippen molar-refractivity contribution in [2.75, 3.05) is 5.32 Å². The minimum Gasteiger partial charge on any atom is -0.483 e. The van der Waals surface area contributed by atoms with Crippen LogP contribution in [0.25, 0.3) is 17.2 Å². The zero-order valence-corrected chi connectivity index (χ0v) is 15.2. The summed E-state index contributed by atoms with van der Waals surface area (Å²) in [7, 11) is 0. The van der Waals surface area contributed by atoms with E-state index in [0.29, 0.717) is 0 Å². The zero-order valence-electron chi connectivity index (χ0n) is 15.2. The highest BCUT2D eigenvalue weighted by Crippen LogP contribution is 2.41. The fourth-order valence-corrected chi connectivity index (χ4v) is 3.21. The molecule has 1 aliphatic rings. The highest BCUT2D eigenvalue weighted by molar-refractivity contribution is 5.82. The molecule has 0 saturated heterocycles. The van der Waals surface area contributed by atoms with Gasteiger partial charge >= 0.3 is 0 Å². The monoisotopic (exact) mass is 341 g/mol. The van der Waals surface area contributed by atoms with Gasteiger partial charge in [0.1, 0.15) is 11.4 Å². The summed E-state index contributed by atoms with van der Waals surface area (Å²) < 4.78 is 6.31. The molecule has 0 atom stereocenters. The maximum absolute atomic E-state index is 6.31. The lowest BCUT2D eigenvalue weighted by atomic mass is 9.95. The Bertz CT molecular complexity index is 927. The number of anilines is 1. The molecule has 0 fully saturated rings. The molecule has 4 rings (SSSR count). The van der Waals surface area contributed by atoms with Crippen molar-refractivity contribution in [2.45, 2.75) is 26.0 Å². The lowest BCUT2D eigenvalue weighted by Gasteiger charge is -2.30. The molecule has 2 nitrogen and oxygen atoms in total. The van der Waals surface area contributed by atoms with Crippen LogP contribution in [0.3, 0.4) is 0 Å². The van der Waals surface area contributed by atoms with Crippen LogP contribution in [-0.2, 0) is 6.54 Å². The normalized spacial score (nSPS) is 14.4. The molecule has 0 radical (unpaired) electrons. The molecule has 1 heterocycles. The van der Waals surface area contributed by atoms with Gasteiger partial charge in [-0.1, -0.05) is 66.7 Å². The Morgan fingerprint density at radius 3 is 2.31 bits per heavy atom. The summed E-state index contributed by atoms with van der Waals surface area (Å²) in [5.74, 6) is 0.953. The minimum atomic E-state index is -0.296. The fraction of sp³-hybridized carbons (Fsp3) is 0.167. The molecule has 0 unspecified atom stereocenters. The molecule has 3 aromatic carbocycles. The van der Waals surface area contributed by atoms with Gasteiger partial charge < -0.3 is 10.1 Å². The van der Waals surface area contributed by atoms with Crippen LogP contribution in [0.15, 0.2) is 78.9 Å². The second kappa shape index (κ2) is 6.72. The number of rotatable bonds is 4. The van der Waals surface area contributed by atoms with Gasteiger partial charge in [-0.25, -0.2) is 0 Å². The molecule has 0 spiro atoms. The second-order valence-electron chi connectivity index (χ2n) is 7.19. The van der Waals surface area contributed by atoms with E-state index in [2.05, 4.69) is 92.0 Å². The Kier molecular flexibility index (Phi) is 4.26. The summed E-state index contributed by atoms with van der Waals surface area (Å²) >= 11 is 0. The van der Waals surface area contributed by atoms with Gasteiger partial charge in [0.15, 0.2) is 0 Å². The standard InChI is InChI=1S/C24H23NO/c1-24(2)14-13-20-15-21(25-17-18-9-5-3-6-10-18)16-22(23(20)26-24)19-11-7-4-8-12-19/h3-16,25H,17H2,1-2H3. The van der Waals surface area contributed by atoms with Crippen molar-refractivity contribution >= 4 is 11.8 Å². The maximum atomic E-state index is 6.31. The van der Waals surface area contributed by atoms with Crippen LogP contribution < -0.4 is 10.1 Å². The van der Waals surface area contributed by atoms with E-state index in [0.717, 1.165) is 29.1 Å². The largest absolute Gasteiger partial charge is 0.483 e. The average Bonchev–Trinajstić information content (AvgIpc) is 2.67. The van der Waals surface area contributed by atoms with E-state index in [1.54, 1.807) is 0 Å². The topological polar surface area (TPSA) is 21.3 Å². The molecular weight excluding hydrogens is 318 g/mol. The van der Waals surface area contributed by atoms with Crippen molar-refractivity contribution in [1.29, 1.82) is 0 Å². The van der Waals surface area contributed by atoms with Crippen LogP contribution in [0.2, 0.25) is 0 Å². The van der Waals surface area contributed by atoms with E-state index in [9.17, 15) is 0 Å². The number of fused-ring (bicyclic) bond motifs is 1.